The van der Waals surface area contributed by atoms with Crippen LogP contribution in [0.25, 0.3) is 11.0 Å². The number of urea groups is 1. The molecule has 2 amide bonds. The largest absolute Gasteiger partial charge is 0.354 e. The van der Waals surface area contributed by atoms with Gasteiger partial charge < -0.3 is 30.7 Å². The molecule has 1 atom stereocenters. The number of nitrogens with zero attached hydrogens (tertiary/aromatic N) is 5. The molecule has 1 unspecified atom stereocenters. The third-order valence-electron chi connectivity index (χ3n) is 5.97. The zero-order chi connectivity index (χ0) is 22.7. The number of nitrogens with two attached hydrogens (primary N) is 1. The summed E-state index contributed by atoms with van der Waals surface area (Å²) in [6, 6.07) is 9.38. The number of amides is 2. The molecule has 4 N–H and O–H groups in total. The Hall–Kier alpha value is -3.17. The highest BCUT2D eigenvalue weighted by molar-refractivity contribution is 5.91. The smallest absolute Gasteiger partial charge is 0.321 e. The lowest BCUT2D eigenvalue weighted by atomic mass is 9.99. The number of rotatable bonds is 7. The quantitative estimate of drug-likeness (QED) is 0.525. The predicted octanol–water partition coefficient (Wildman–Crippen LogP) is 2.27. The van der Waals surface area contributed by atoms with E-state index in [2.05, 4.69) is 30.1 Å². The van der Waals surface area contributed by atoms with Gasteiger partial charge in [0, 0.05) is 44.6 Å². The number of likely N-dealkylation sites (N-methyl/N-ethyl adjacent to an activating group) is 1. The average molecular weight is 437 g/mol. The zero-order valence-corrected chi connectivity index (χ0v) is 19.0. The Morgan fingerprint density at radius 1 is 1.25 bits per heavy atom. The summed E-state index contributed by atoms with van der Waals surface area (Å²) >= 11 is 0. The SMILES string of the molecule is Cc1c[nH]c2ncnc(N3CCC(N)(CN(CCN(C)C)C(=O)Nc4ccccc4)C3)c12. The summed E-state index contributed by atoms with van der Waals surface area (Å²) in [5.74, 6) is 0.898. The molecule has 1 fully saturated rings. The average Bonchev–Trinajstić information content (AvgIpc) is 3.35. The molecule has 4 rings (SSSR count). The lowest BCUT2D eigenvalue weighted by Crippen LogP contribution is -2.55. The van der Waals surface area contributed by atoms with Gasteiger partial charge in [-0.2, -0.15) is 0 Å². The van der Waals surface area contributed by atoms with Crippen molar-refractivity contribution in [2.45, 2.75) is 18.9 Å². The Bertz CT molecular complexity index is 1070. The predicted molar refractivity (Wildman–Crippen MR) is 128 cm³/mol. The van der Waals surface area contributed by atoms with E-state index in [0.29, 0.717) is 19.6 Å². The molecule has 1 aliphatic heterocycles. The van der Waals surface area contributed by atoms with Gasteiger partial charge in [0.15, 0.2) is 0 Å². The van der Waals surface area contributed by atoms with Crippen molar-refractivity contribution in [2.24, 2.45) is 5.73 Å². The Morgan fingerprint density at radius 3 is 2.78 bits per heavy atom. The van der Waals surface area contributed by atoms with E-state index in [1.807, 2.05) is 62.4 Å². The molecule has 32 heavy (non-hydrogen) atoms. The van der Waals surface area contributed by atoms with Crippen molar-refractivity contribution in [3.05, 3.63) is 48.4 Å². The molecule has 9 heteroatoms. The summed E-state index contributed by atoms with van der Waals surface area (Å²) < 4.78 is 0. The maximum absolute atomic E-state index is 13.1. The topological polar surface area (TPSA) is 106 Å². The number of aromatic amines is 1. The molecule has 0 spiro atoms. The standard InChI is InChI=1S/C23H32N8O/c1-17-13-25-20-19(17)21(27-16-26-20)30-10-9-23(24,14-30)15-31(12-11-29(2)3)22(32)28-18-7-5-4-6-8-18/h4-8,13,16H,9-12,14-15,24H2,1-3H3,(H,28,32)(H,25,26,27). The first-order valence-electron chi connectivity index (χ1n) is 10.9. The molecule has 2 aromatic heterocycles. The van der Waals surface area contributed by atoms with Gasteiger partial charge in [-0.25, -0.2) is 14.8 Å². The van der Waals surface area contributed by atoms with E-state index in [1.54, 1.807) is 6.33 Å². The minimum Gasteiger partial charge on any atom is -0.354 e. The summed E-state index contributed by atoms with van der Waals surface area (Å²) in [7, 11) is 4.00. The number of hydrogen-bond donors (Lipinski definition) is 3. The number of carbonyl (C=O) groups excluding carboxylic acids is 1. The van der Waals surface area contributed by atoms with Gasteiger partial charge in [0.05, 0.1) is 10.9 Å². The van der Waals surface area contributed by atoms with Crippen molar-refractivity contribution < 1.29 is 4.79 Å². The fourth-order valence-corrected chi connectivity index (χ4v) is 4.22. The van der Waals surface area contributed by atoms with Crippen LogP contribution in [0.2, 0.25) is 0 Å². The second-order valence-corrected chi connectivity index (χ2v) is 8.95. The van der Waals surface area contributed by atoms with Crippen molar-refractivity contribution in [3.63, 3.8) is 0 Å². The molecular formula is C23H32N8O. The van der Waals surface area contributed by atoms with E-state index < -0.39 is 5.54 Å². The van der Waals surface area contributed by atoms with E-state index >= 15 is 0 Å². The van der Waals surface area contributed by atoms with Crippen LogP contribution in [0.3, 0.4) is 0 Å². The van der Waals surface area contributed by atoms with E-state index in [-0.39, 0.29) is 6.03 Å². The Balaban J connectivity index is 1.50. The number of hydrogen-bond acceptors (Lipinski definition) is 6. The zero-order valence-electron chi connectivity index (χ0n) is 19.0. The van der Waals surface area contributed by atoms with Gasteiger partial charge in [-0.05, 0) is 45.1 Å². The maximum atomic E-state index is 13.1. The van der Waals surface area contributed by atoms with Gasteiger partial charge in [-0.15, -0.1) is 0 Å². The highest BCUT2D eigenvalue weighted by atomic mass is 16.2. The van der Waals surface area contributed by atoms with Gasteiger partial charge in [0.1, 0.15) is 17.8 Å². The van der Waals surface area contributed by atoms with Gasteiger partial charge in [0.2, 0.25) is 0 Å². The number of benzene rings is 1. The molecular weight excluding hydrogens is 404 g/mol. The number of anilines is 2. The fraction of sp³-hybridized carbons (Fsp3) is 0.435. The monoisotopic (exact) mass is 436 g/mol. The first-order valence-corrected chi connectivity index (χ1v) is 10.9. The van der Waals surface area contributed by atoms with Crippen LogP contribution in [0, 0.1) is 6.92 Å². The van der Waals surface area contributed by atoms with Crippen molar-refractivity contribution in [1.29, 1.82) is 0 Å². The van der Waals surface area contributed by atoms with Crippen LogP contribution in [-0.2, 0) is 0 Å². The molecule has 0 saturated carbocycles. The molecule has 3 heterocycles. The summed E-state index contributed by atoms with van der Waals surface area (Å²) in [6.45, 7) is 5.29. The lowest BCUT2D eigenvalue weighted by molar-refractivity contribution is 0.189. The number of H-pyrrole nitrogens is 1. The molecule has 0 aliphatic carbocycles. The molecule has 0 radical (unpaired) electrons. The van der Waals surface area contributed by atoms with E-state index in [1.165, 1.54) is 0 Å². The molecule has 3 aromatic rings. The van der Waals surface area contributed by atoms with Crippen molar-refractivity contribution >= 4 is 28.6 Å². The number of aromatic nitrogens is 3. The Labute approximate surface area is 188 Å². The normalized spacial score (nSPS) is 18.5. The van der Waals surface area contributed by atoms with Crippen LogP contribution in [0.5, 0.6) is 0 Å². The number of para-hydroxylation sites is 1. The van der Waals surface area contributed by atoms with Gasteiger partial charge in [-0.1, -0.05) is 18.2 Å². The lowest BCUT2D eigenvalue weighted by Gasteiger charge is -2.33. The molecule has 1 aromatic carbocycles. The number of fused-ring (bicyclic) bond motifs is 1. The third kappa shape index (κ3) is 4.84. The first kappa shape index (κ1) is 22.0. The van der Waals surface area contributed by atoms with Crippen LogP contribution < -0.4 is 16.0 Å². The maximum Gasteiger partial charge on any atom is 0.321 e. The van der Waals surface area contributed by atoms with E-state index in [9.17, 15) is 4.79 Å². The summed E-state index contributed by atoms with van der Waals surface area (Å²) in [5, 5.41) is 4.03. The van der Waals surface area contributed by atoms with Crippen LogP contribution in [-0.4, -0.2) is 83.1 Å². The van der Waals surface area contributed by atoms with Gasteiger partial charge in [0.25, 0.3) is 0 Å². The van der Waals surface area contributed by atoms with Crippen molar-refractivity contribution in [2.75, 3.05) is 57.0 Å². The second kappa shape index (κ2) is 9.13. The van der Waals surface area contributed by atoms with Crippen LogP contribution >= 0.6 is 0 Å². The van der Waals surface area contributed by atoms with Crippen LogP contribution in [0.1, 0.15) is 12.0 Å². The first-order chi connectivity index (χ1) is 15.3. The summed E-state index contributed by atoms with van der Waals surface area (Å²) in [4.78, 5) is 31.3. The van der Waals surface area contributed by atoms with Gasteiger partial charge >= 0.3 is 6.03 Å². The number of carbonyl (C=O) groups is 1. The van der Waals surface area contributed by atoms with E-state index in [0.717, 1.165) is 47.6 Å². The molecule has 1 saturated heterocycles. The molecule has 170 valence electrons. The fourth-order valence-electron chi connectivity index (χ4n) is 4.22. The number of aryl methyl sites for hydroxylation is 1. The minimum absolute atomic E-state index is 0.132. The number of nitrogens with one attached hydrogen (secondary N) is 2. The van der Waals surface area contributed by atoms with Gasteiger partial charge in [-0.3, -0.25) is 0 Å². The Kier molecular flexibility index (Phi) is 6.29. The summed E-state index contributed by atoms with van der Waals surface area (Å²) in [6.07, 6.45) is 4.31. The summed E-state index contributed by atoms with van der Waals surface area (Å²) in [5.41, 5.74) is 9.05. The second-order valence-electron chi connectivity index (χ2n) is 8.95. The highest BCUT2D eigenvalue weighted by Crippen LogP contribution is 2.31. The van der Waals surface area contributed by atoms with Crippen molar-refractivity contribution in [1.82, 2.24) is 24.8 Å². The molecule has 0 bridgehead atoms. The van der Waals surface area contributed by atoms with E-state index in [4.69, 9.17) is 5.73 Å². The van der Waals surface area contributed by atoms with Crippen LogP contribution in [0.15, 0.2) is 42.9 Å². The third-order valence-corrected chi connectivity index (χ3v) is 5.97. The van der Waals surface area contributed by atoms with Crippen LogP contribution in [0.4, 0.5) is 16.3 Å². The van der Waals surface area contributed by atoms with Crippen molar-refractivity contribution in [3.8, 4) is 0 Å². The minimum atomic E-state index is -0.526. The Morgan fingerprint density at radius 2 is 2.03 bits per heavy atom. The molecule has 1 aliphatic rings. The highest BCUT2D eigenvalue weighted by Gasteiger charge is 2.38. The molecule has 9 nitrogen and oxygen atoms in total.